The van der Waals surface area contributed by atoms with Crippen LogP contribution in [0.15, 0.2) is 0 Å². The van der Waals surface area contributed by atoms with E-state index in [-0.39, 0.29) is 12.0 Å². The number of rotatable bonds is 1. The van der Waals surface area contributed by atoms with Crippen molar-refractivity contribution in [3.05, 3.63) is 0 Å². The third-order valence-electron chi connectivity index (χ3n) is 4.16. The highest BCUT2D eigenvalue weighted by Crippen LogP contribution is 2.62. The number of hydrogen-bond acceptors (Lipinski definition) is 3. The van der Waals surface area contributed by atoms with Crippen LogP contribution >= 0.6 is 0 Å². The third kappa shape index (κ3) is 1.33. The predicted octanol–water partition coefficient (Wildman–Crippen LogP) is 0.115. The van der Waals surface area contributed by atoms with E-state index in [0.717, 1.165) is 12.8 Å². The van der Waals surface area contributed by atoms with Gasteiger partial charge in [0.1, 0.15) is 0 Å². The molecule has 0 amide bonds. The average Bonchev–Trinajstić information content (AvgIpc) is 3.03. The molecule has 3 N–H and O–H groups in total. The maximum Gasteiger partial charge on any atom is 0.252 e. The van der Waals surface area contributed by atoms with Crippen molar-refractivity contribution < 1.29 is 19.0 Å². The van der Waals surface area contributed by atoms with Gasteiger partial charge in [-0.25, -0.2) is 8.78 Å². The fourth-order valence-electron chi connectivity index (χ4n) is 3.00. The maximum absolute atomic E-state index is 13.0. The molecule has 1 spiro atoms. The number of piperidine rings is 1. The summed E-state index contributed by atoms with van der Waals surface area (Å²) >= 11 is 0. The standard InChI is InChI=1S/C10H15F2NO2/c11-10(12)3-5(10)7-8(15)6(14)4-13-9(7)1-2-9/h5-8,13-15H,1-4H2. The van der Waals surface area contributed by atoms with Gasteiger partial charge in [-0.1, -0.05) is 0 Å². The summed E-state index contributed by atoms with van der Waals surface area (Å²) in [5, 5.41) is 22.4. The maximum atomic E-state index is 13.0. The molecule has 0 bridgehead atoms. The fraction of sp³-hybridized carbons (Fsp3) is 1.00. The molecule has 86 valence electrons. The second-order valence-corrected chi connectivity index (χ2v) is 5.19. The van der Waals surface area contributed by atoms with Crippen LogP contribution in [0.2, 0.25) is 0 Å². The number of hydrogen-bond donors (Lipinski definition) is 3. The Balaban J connectivity index is 1.83. The second kappa shape index (κ2) is 2.70. The van der Waals surface area contributed by atoms with E-state index in [9.17, 15) is 19.0 Å². The highest BCUT2D eigenvalue weighted by atomic mass is 19.3. The number of β-amino-alcohol motifs (C(OH)–C–C–N with tert-alkyl or cyclic N) is 1. The lowest BCUT2D eigenvalue weighted by molar-refractivity contribution is -0.0767. The molecule has 3 rings (SSSR count). The van der Waals surface area contributed by atoms with Crippen molar-refractivity contribution in [1.82, 2.24) is 5.32 Å². The predicted molar refractivity (Wildman–Crippen MR) is 48.5 cm³/mol. The van der Waals surface area contributed by atoms with Crippen molar-refractivity contribution >= 4 is 0 Å². The van der Waals surface area contributed by atoms with Gasteiger partial charge in [0.05, 0.1) is 12.2 Å². The van der Waals surface area contributed by atoms with Crippen LogP contribution in [0.3, 0.4) is 0 Å². The zero-order chi connectivity index (χ0) is 10.8. The highest BCUT2D eigenvalue weighted by molar-refractivity contribution is 5.19. The van der Waals surface area contributed by atoms with Crippen LogP contribution in [-0.4, -0.2) is 40.4 Å². The summed E-state index contributed by atoms with van der Waals surface area (Å²) in [6.07, 6.45) is -0.350. The van der Waals surface area contributed by atoms with Gasteiger partial charge >= 0.3 is 0 Å². The Morgan fingerprint density at radius 3 is 2.27 bits per heavy atom. The zero-order valence-corrected chi connectivity index (χ0v) is 8.29. The van der Waals surface area contributed by atoms with Gasteiger partial charge in [0.25, 0.3) is 5.92 Å². The normalized spacial score (nSPS) is 50.4. The van der Waals surface area contributed by atoms with Crippen molar-refractivity contribution in [2.75, 3.05) is 6.54 Å². The first kappa shape index (κ1) is 9.93. The van der Waals surface area contributed by atoms with Crippen LogP contribution in [0.4, 0.5) is 8.78 Å². The molecule has 0 aromatic heterocycles. The van der Waals surface area contributed by atoms with E-state index in [1.54, 1.807) is 0 Å². The first-order valence-electron chi connectivity index (χ1n) is 5.45. The molecule has 0 radical (unpaired) electrons. The molecule has 1 heterocycles. The third-order valence-corrected chi connectivity index (χ3v) is 4.16. The molecule has 4 unspecified atom stereocenters. The fourth-order valence-corrected chi connectivity index (χ4v) is 3.00. The van der Waals surface area contributed by atoms with E-state index >= 15 is 0 Å². The smallest absolute Gasteiger partial charge is 0.252 e. The largest absolute Gasteiger partial charge is 0.390 e. The second-order valence-electron chi connectivity index (χ2n) is 5.19. The topological polar surface area (TPSA) is 52.5 Å². The quantitative estimate of drug-likeness (QED) is 0.587. The Kier molecular flexibility index (Phi) is 1.79. The molecular formula is C10H15F2NO2. The van der Waals surface area contributed by atoms with Gasteiger partial charge < -0.3 is 15.5 Å². The molecule has 3 fully saturated rings. The van der Waals surface area contributed by atoms with Crippen LogP contribution in [0.25, 0.3) is 0 Å². The Bertz CT molecular complexity index is 291. The van der Waals surface area contributed by atoms with E-state index in [1.807, 2.05) is 0 Å². The Morgan fingerprint density at radius 2 is 1.80 bits per heavy atom. The number of halogens is 2. The molecule has 3 nitrogen and oxygen atoms in total. The van der Waals surface area contributed by atoms with Crippen LogP contribution in [-0.2, 0) is 0 Å². The van der Waals surface area contributed by atoms with Gasteiger partial charge in [-0.2, -0.15) is 0 Å². The van der Waals surface area contributed by atoms with Crippen molar-refractivity contribution in [2.24, 2.45) is 11.8 Å². The summed E-state index contributed by atoms with van der Waals surface area (Å²) in [5.41, 5.74) is -0.302. The van der Waals surface area contributed by atoms with E-state index in [2.05, 4.69) is 5.32 Å². The van der Waals surface area contributed by atoms with Gasteiger partial charge in [0.2, 0.25) is 0 Å². The van der Waals surface area contributed by atoms with Crippen molar-refractivity contribution in [1.29, 1.82) is 0 Å². The van der Waals surface area contributed by atoms with Crippen molar-refractivity contribution in [2.45, 2.75) is 42.9 Å². The number of aliphatic hydroxyl groups is 2. The monoisotopic (exact) mass is 219 g/mol. The number of nitrogens with one attached hydrogen (secondary N) is 1. The average molecular weight is 219 g/mol. The van der Waals surface area contributed by atoms with Gasteiger partial charge in [0, 0.05) is 30.3 Å². The molecule has 2 saturated carbocycles. The Labute approximate surface area is 86.5 Å². The number of aliphatic hydroxyl groups excluding tert-OH is 2. The first-order valence-corrected chi connectivity index (χ1v) is 5.45. The molecule has 1 aliphatic heterocycles. The molecule has 5 heteroatoms. The summed E-state index contributed by atoms with van der Waals surface area (Å²) in [5.74, 6) is -3.84. The van der Waals surface area contributed by atoms with E-state index in [4.69, 9.17) is 0 Å². The zero-order valence-electron chi connectivity index (χ0n) is 8.29. The van der Waals surface area contributed by atoms with Gasteiger partial charge in [-0.05, 0) is 12.8 Å². The first-order chi connectivity index (χ1) is 6.96. The summed E-state index contributed by atoms with van der Waals surface area (Å²) in [7, 11) is 0. The lowest BCUT2D eigenvalue weighted by Gasteiger charge is -2.40. The minimum Gasteiger partial charge on any atom is -0.390 e. The molecule has 4 atom stereocenters. The Morgan fingerprint density at radius 1 is 1.20 bits per heavy atom. The molecule has 0 aromatic carbocycles. The lowest BCUT2D eigenvalue weighted by atomic mass is 9.80. The van der Waals surface area contributed by atoms with Crippen molar-refractivity contribution in [3.63, 3.8) is 0 Å². The minimum atomic E-state index is -2.63. The van der Waals surface area contributed by atoms with E-state index < -0.39 is 30.0 Å². The van der Waals surface area contributed by atoms with Crippen LogP contribution in [0.5, 0.6) is 0 Å². The van der Waals surface area contributed by atoms with Crippen LogP contribution in [0, 0.1) is 11.8 Å². The summed E-state index contributed by atoms with van der Waals surface area (Å²) in [6.45, 7) is 0.315. The summed E-state index contributed by atoms with van der Waals surface area (Å²) < 4.78 is 26.1. The Hall–Kier alpha value is -0.260. The van der Waals surface area contributed by atoms with Crippen LogP contribution < -0.4 is 5.32 Å². The van der Waals surface area contributed by atoms with Crippen LogP contribution in [0.1, 0.15) is 19.3 Å². The summed E-state index contributed by atoms with van der Waals surface area (Å²) in [6, 6.07) is 0. The summed E-state index contributed by atoms with van der Waals surface area (Å²) in [4.78, 5) is 0. The highest BCUT2D eigenvalue weighted by Gasteiger charge is 2.70. The number of alkyl halides is 2. The van der Waals surface area contributed by atoms with Gasteiger partial charge in [-0.15, -0.1) is 0 Å². The molecule has 2 aliphatic carbocycles. The van der Waals surface area contributed by atoms with Gasteiger partial charge in [-0.3, -0.25) is 0 Å². The molecule has 15 heavy (non-hydrogen) atoms. The minimum absolute atomic E-state index is 0.134. The molecule has 1 saturated heterocycles. The molecular weight excluding hydrogens is 204 g/mol. The SMILES string of the molecule is OC1CNC2(CC2)C(C2CC2(F)F)C1O. The lowest BCUT2D eigenvalue weighted by Crippen LogP contribution is -2.59. The molecule has 0 aromatic rings. The van der Waals surface area contributed by atoms with E-state index in [0.29, 0.717) is 6.54 Å². The van der Waals surface area contributed by atoms with E-state index in [1.165, 1.54) is 0 Å². The molecule has 3 aliphatic rings. The van der Waals surface area contributed by atoms with Crippen molar-refractivity contribution in [3.8, 4) is 0 Å². The van der Waals surface area contributed by atoms with Gasteiger partial charge in [0.15, 0.2) is 0 Å².